The van der Waals surface area contributed by atoms with Gasteiger partial charge < -0.3 is 20.0 Å². The molecule has 2 rings (SSSR count). The number of nitrogens with one attached hydrogen (secondary N) is 1. The molecular weight excluding hydrogens is 290 g/mol. The molecule has 0 spiro atoms. The van der Waals surface area contributed by atoms with Crippen LogP contribution in [-0.2, 0) is 4.74 Å². The predicted octanol–water partition coefficient (Wildman–Crippen LogP) is 2.45. The molecule has 0 aromatic carbocycles. The second-order valence-corrected chi connectivity index (χ2v) is 4.57. The van der Waals surface area contributed by atoms with Gasteiger partial charge in [-0.3, -0.25) is 4.98 Å². The van der Waals surface area contributed by atoms with Crippen molar-refractivity contribution in [1.29, 1.82) is 0 Å². The number of nitro groups is 1. The number of carbonyl (C=O) groups is 1. The van der Waals surface area contributed by atoms with Crippen molar-refractivity contribution in [1.82, 2.24) is 9.97 Å². The summed E-state index contributed by atoms with van der Waals surface area (Å²) in [4.78, 5) is 28.5. The fourth-order valence-corrected chi connectivity index (χ4v) is 2.30. The second kappa shape index (κ2) is 6.35. The third-order valence-electron chi connectivity index (χ3n) is 3.23. The molecule has 2 N–H and O–H groups in total. The molecule has 116 valence electrons. The zero-order valence-corrected chi connectivity index (χ0v) is 12.1. The Morgan fingerprint density at radius 2 is 2.32 bits per heavy atom. The van der Waals surface area contributed by atoms with Gasteiger partial charge in [-0.2, -0.15) is 0 Å². The standard InChI is InChI=1S/C14H15N3O5/c1-3-22-12(9-5-4-6-15-7-9)11-10(14(18)19)8(2)13(16-11)17(20)21/h4-7,12,16H,3H2,1-2H3,(H,18,19). The molecule has 0 radical (unpaired) electrons. The predicted molar refractivity (Wildman–Crippen MR) is 76.8 cm³/mol. The number of pyridine rings is 1. The van der Waals surface area contributed by atoms with Crippen LogP contribution in [0.2, 0.25) is 0 Å². The number of carboxylic acids is 1. The Hall–Kier alpha value is -2.74. The van der Waals surface area contributed by atoms with E-state index in [0.717, 1.165) is 0 Å². The van der Waals surface area contributed by atoms with Gasteiger partial charge in [-0.05, 0) is 24.8 Å². The van der Waals surface area contributed by atoms with Gasteiger partial charge in [0.2, 0.25) is 0 Å². The molecule has 22 heavy (non-hydrogen) atoms. The molecule has 0 amide bonds. The van der Waals surface area contributed by atoms with Crippen molar-refractivity contribution in [2.75, 3.05) is 6.61 Å². The highest BCUT2D eigenvalue weighted by molar-refractivity contribution is 5.92. The van der Waals surface area contributed by atoms with Gasteiger partial charge in [-0.25, -0.2) is 9.78 Å². The molecule has 2 aromatic rings. The molecule has 8 heteroatoms. The largest absolute Gasteiger partial charge is 0.478 e. The van der Waals surface area contributed by atoms with Crippen molar-refractivity contribution in [3.8, 4) is 0 Å². The molecule has 2 heterocycles. The zero-order valence-electron chi connectivity index (χ0n) is 12.1. The quantitative estimate of drug-likeness (QED) is 0.625. The normalized spacial score (nSPS) is 12.1. The Bertz CT molecular complexity index is 696. The van der Waals surface area contributed by atoms with Gasteiger partial charge in [-0.15, -0.1) is 0 Å². The lowest BCUT2D eigenvalue weighted by Crippen LogP contribution is -2.12. The summed E-state index contributed by atoms with van der Waals surface area (Å²) in [5, 5.41) is 20.4. The number of hydrogen-bond acceptors (Lipinski definition) is 5. The number of H-pyrrole nitrogens is 1. The molecule has 0 bridgehead atoms. The van der Waals surface area contributed by atoms with Gasteiger partial charge in [0.1, 0.15) is 11.7 Å². The summed E-state index contributed by atoms with van der Waals surface area (Å²) in [5.74, 6) is -1.59. The van der Waals surface area contributed by atoms with E-state index < -0.39 is 17.0 Å². The first-order valence-corrected chi connectivity index (χ1v) is 6.59. The minimum atomic E-state index is -1.24. The third-order valence-corrected chi connectivity index (χ3v) is 3.23. The van der Waals surface area contributed by atoms with Gasteiger partial charge in [0.05, 0.1) is 5.56 Å². The van der Waals surface area contributed by atoms with E-state index in [4.69, 9.17) is 4.74 Å². The summed E-state index contributed by atoms with van der Waals surface area (Å²) < 4.78 is 5.60. The van der Waals surface area contributed by atoms with Crippen LogP contribution >= 0.6 is 0 Å². The average Bonchev–Trinajstić information content (AvgIpc) is 2.83. The maximum Gasteiger partial charge on any atom is 0.340 e. The van der Waals surface area contributed by atoms with Gasteiger partial charge in [0, 0.05) is 24.6 Å². The van der Waals surface area contributed by atoms with Crippen molar-refractivity contribution >= 4 is 11.8 Å². The van der Waals surface area contributed by atoms with Crippen LogP contribution in [0.5, 0.6) is 0 Å². The number of carboxylic acid groups (broad SMARTS) is 1. The number of aromatic amines is 1. The second-order valence-electron chi connectivity index (χ2n) is 4.57. The molecule has 1 atom stereocenters. The molecule has 0 aliphatic rings. The molecule has 0 aliphatic carbocycles. The lowest BCUT2D eigenvalue weighted by molar-refractivity contribution is -0.389. The number of rotatable bonds is 6. The summed E-state index contributed by atoms with van der Waals surface area (Å²) in [6, 6.07) is 3.41. The highest BCUT2D eigenvalue weighted by Crippen LogP contribution is 2.33. The number of nitrogens with zero attached hydrogens (tertiary/aromatic N) is 2. The number of aromatic nitrogens is 2. The Labute approximate surface area is 125 Å². The Balaban J connectivity index is 2.63. The van der Waals surface area contributed by atoms with Crippen molar-refractivity contribution in [2.24, 2.45) is 0 Å². The first-order valence-electron chi connectivity index (χ1n) is 6.59. The molecule has 8 nitrogen and oxygen atoms in total. The fourth-order valence-electron chi connectivity index (χ4n) is 2.30. The summed E-state index contributed by atoms with van der Waals surface area (Å²) in [7, 11) is 0. The Kier molecular flexibility index (Phi) is 4.52. The summed E-state index contributed by atoms with van der Waals surface area (Å²) in [6.07, 6.45) is 2.35. The maximum absolute atomic E-state index is 11.5. The first-order chi connectivity index (χ1) is 10.5. The van der Waals surface area contributed by atoms with Gasteiger partial charge >= 0.3 is 11.8 Å². The number of ether oxygens (including phenoxy) is 1. The molecule has 1 unspecified atom stereocenters. The van der Waals surface area contributed by atoms with Crippen LogP contribution in [0.4, 0.5) is 5.82 Å². The lowest BCUT2D eigenvalue weighted by Gasteiger charge is -2.14. The lowest BCUT2D eigenvalue weighted by atomic mass is 10.0. The van der Waals surface area contributed by atoms with Crippen LogP contribution in [0.25, 0.3) is 0 Å². The van der Waals surface area contributed by atoms with Gasteiger partial charge in [0.25, 0.3) is 0 Å². The third kappa shape index (κ3) is 2.82. The summed E-state index contributed by atoms with van der Waals surface area (Å²) in [5.41, 5.74) is 0.685. The highest BCUT2D eigenvalue weighted by Gasteiger charge is 2.33. The van der Waals surface area contributed by atoms with Crippen LogP contribution in [0.15, 0.2) is 24.5 Å². The minimum Gasteiger partial charge on any atom is -0.478 e. The Morgan fingerprint density at radius 1 is 1.59 bits per heavy atom. The number of aromatic carboxylic acids is 1. The highest BCUT2D eigenvalue weighted by atomic mass is 16.6. The van der Waals surface area contributed by atoms with Crippen molar-refractivity contribution in [3.63, 3.8) is 0 Å². The van der Waals surface area contributed by atoms with E-state index in [9.17, 15) is 20.0 Å². The van der Waals surface area contributed by atoms with Gasteiger partial charge in [-0.1, -0.05) is 6.07 Å². The summed E-state index contributed by atoms with van der Waals surface area (Å²) in [6.45, 7) is 3.46. The van der Waals surface area contributed by atoms with Crippen LogP contribution in [0, 0.1) is 17.0 Å². The monoisotopic (exact) mass is 305 g/mol. The van der Waals surface area contributed by atoms with Crippen LogP contribution in [0.3, 0.4) is 0 Å². The van der Waals surface area contributed by atoms with E-state index in [1.807, 2.05) is 0 Å². The average molecular weight is 305 g/mol. The van der Waals surface area contributed by atoms with E-state index in [1.54, 1.807) is 25.3 Å². The SMILES string of the molecule is CCOC(c1cccnc1)c1[nH]c([N+](=O)[O-])c(C)c1C(=O)O. The first kappa shape index (κ1) is 15.6. The molecule has 0 saturated heterocycles. The van der Waals surface area contributed by atoms with E-state index in [-0.39, 0.29) is 22.6 Å². The molecule has 2 aromatic heterocycles. The molecule has 0 aliphatic heterocycles. The fraction of sp³-hybridized carbons (Fsp3) is 0.286. The molecule has 0 saturated carbocycles. The van der Waals surface area contributed by atoms with Crippen LogP contribution in [-0.4, -0.2) is 32.6 Å². The van der Waals surface area contributed by atoms with E-state index in [0.29, 0.717) is 12.2 Å². The van der Waals surface area contributed by atoms with Crippen LogP contribution < -0.4 is 0 Å². The summed E-state index contributed by atoms with van der Waals surface area (Å²) >= 11 is 0. The smallest absolute Gasteiger partial charge is 0.340 e. The minimum absolute atomic E-state index is 0.0705. The molecular formula is C14H15N3O5. The van der Waals surface area contributed by atoms with E-state index >= 15 is 0 Å². The van der Waals surface area contributed by atoms with Crippen molar-refractivity contribution < 1.29 is 19.6 Å². The van der Waals surface area contributed by atoms with Crippen molar-refractivity contribution in [3.05, 3.63) is 57.0 Å². The van der Waals surface area contributed by atoms with E-state index in [1.165, 1.54) is 13.1 Å². The maximum atomic E-state index is 11.5. The topological polar surface area (TPSA) is 118 Å². The van der Waals surface area contributed by atoms with Crippen molar-refractivity contribution in [2.45, 2.75) is 20.0 Å². The molecule has 0 fully saturated rings. The van der Waals surface area contributed by atoms with Crippen LogP contribution in [0.1, 0.15) is 40.2 Å². The number of hydrogen-bond donors (Lipinski definition) is 2. The zero-order chi connectivity index (χ0) is 16.3. The Morgan fingerprint density at radius 3 is 2.82 bits per heavy atom. The van der Waals surface area contributed by atoms with E-state index in [2.05, 4.69) is 9.97 Å². The van der Waals surface area contributed by atoms with Gasteiger partial charge in [0.15, 0.2) is 5.69 Å².